The molecule has 0 fully saturated rings. The molecule has 11 nitrogen and oxygen atoms in total. The van der Waals surface area contributed by atoms with Crippen LogP contribution in [0.2, 0.25) is 5.02 Å². The minimum atomic E-state index is -3.78. The summed E-state index contributed by atoms with van der Waals surface area (Å²) < 4.78 is 37.0. The van der Waals surface area contributed by atoms with E-state index in [1.165, 1.54) is 21.1 Å². The molecule has 0 bridgehead atoms. The van der Waals surface area contributed by atoms with Gasteiger partial charge < -0.3 is 14.6 Å². The molecule has 0 unspecified atom stereocenters. The molecule has 13 heteroatoms. The molecule has 200 valence electrons. The number of hydrogen-bond donors (Lipinski definition) is 1. The third-order valence-corrected chi connectivity index (χ3v) is 8.31. The van der Waals surface area contributed by atoms with Crippen LogP contribution in [-0.4, -0.2) is 82.6 Å². The molecule has 3 heterocycles. The van der Waals surface area contributed by atoms with Crippen molar-refractivity contribution in [3.05, 3.63) is 40.0 Å². The van der Waals surface area contributed by atoms with E-state index in [0.29, 0.717) is 66.3 Å². The molecular weight excluding hydrogens is 518 g/mol. The van der Waals surface area contributed by atoms with Crippen LogP contribution in [0.15, 0.2) is 34.2 Å². The van der Waals surface area contributed by atoms with E-state index in [0.717, 1.165) is 6.42 Å². The third-order valence-electron chi connectivity index (χ3n) is 6.09. The van der Waals surface area contributed by atoms with E-state index in [4.69, 9.17) is 16.3 Å². The summed E-state index contributed by atoms with van der Waals surface area (Å²) in [5, 5.41) is 8.30. The number of aromatic nitrogens is 5. The van der Waals surface area contributed by atoms with Crippen LogP contribution in [0.5, 0.6) is 5.75 Å². The summed E-state index contributed by atoms with van der Waals surface area (Å²) in [4.78, 5) is 18.5. The van der Waals surface area contributed by atoms with Crippen molar-refractivity contribution >= 4 is 38.3 Å². The molecule has 0 aliphatic heterocycles. The van der Waals surface area contributed by atoms with Gasteiger partial charge in [-0.1, -0.05) is 25.4 Å². The molecule has 0 aliphatic carbocycles. The van der Waals surface area contributed by atoms with Crippen LogP contribution in [0.4, 0.5) is 0 Å². The molecular formula is C24H32ClN7O4S. The van der Waals surface area contributed by atoms with Gasteiger partial charge in [0.15, 0.2) is 5.65 Å². The average molecular weight is 550 g/mol. The molecule has 0 aliphatic rings. The number of aryl methyl sites for hydroxylation is 1. The lowest BCUT2D eigenvalue weighted by atomic mass is 10.1. The summed E-state index contributed by atoms with van der Waals surface area (Å²) in [7, 11) is 1.55. The van der Waals surface area contributed by atoms with E-state index in [-0.39, 0.29) is 15.6 Å². The minimum Gasteiger partial charge on any atom is -0.493 e. The molecule has 37 heavy (non-hydrogen) atoms. The maximum absolute atomic E-state index is 13.4. The van der Waals surface area contributed by atoms with E-state index in [9.17, 15) is 13.2 Å². The van der Waals surface area contributed by atoms with Crippen LogP contribution in [0.25, 0.3) is 27.9 Å². The number of halogens is 1. The van der Waals surface area contributed by atoms with Crippen molar-refractivity contribution in [3.63, 3.8) is 0 Å². The molecule has 4 rings (SSSR count). The van der Waals surface area contributed by atoms with Crippen molar-refractivity contribution < 1.29 is 13.2 Å². The van der Waals surface area contributed by atoms with Gasteiger partial charge in [0.25, 0.3) is 0 Å². The van der Waals surface area contributed by atoms with Crippen molar-refractivity contribution in [2.24, 2.45) is 0 Å². The van der Waals surface area contributed by atoms with Crippen LogP contribution in [0, 0.1) is 0 Å². The van der Waals surface area contributed by atoms with Crippen LogP contribution < -0.4 is 10.4 Å². The number of likely N-dealkylation sites (N-methyl/N-ethyl adjacent to an activating group) is 2. The van der Waals surface area contributed by atoms with Crippen LogP contribution in [0.1, 0.15) is 26.7 Å². The standard InChI is InChI=1S/C24H32ClN7O4S/c1-6-10-31-22-19(25)20(27-21(22)23-28-26-15-32(23)24(31)33)17-14-16(8-9-18(17)36-13-7-2)37(34,35)30(5)12-11-29(3)4/h8-9,14-15,27H,6-7,10-13H2,1-5H3. The average Bonchev–Trinajstić information content (AvgIpc) is 3.49. The summed E-state index contributed by atoms with van der Waals surface area (Å²) >= 11 is 6.92. The van der Waals surface area contributed by atoms with Crippen molar-refractivity contribution in [1.82, 2.24) is 33.4 Å². The quantitative estimate of drug-likeness (QED) is 0.305. The van der Waals surface area contributed by atoms with Crippen molar-refractivity contribution in [1.29, 1.82) is 0 Å². The fraction of sp³-hybridized carbons (Fsp3) is 0.458. The topological polar surface area (TPSA) is 118 Å². The zero-order valence-electron chi connectivity index (χ0n) is 21.7. The zero-order chi connectivity index (χ0) is 26.9. The number of nitrogens with one attached hydrogen (secondary N) is 1. The molecule has 0 spiro atoms. The summed E-state index contributed by atoms with van der Waals surface area (Å²) in [6.07, 6.45) is 2.84. The minimum absolute atomic E-state index is 0.112. The van der Waals surface area contributed by atoms with Gasteiger partial charge in [0.1, 0.15) is 17.6 Å². The van der Waals surface area contributed by atoms with E-state index < -0.39 is 10.0 Å². The molecule has 1 N–H and O–H groups in total. The fourth-order valence-corrected chi connectivity index (χ4v) is 5.65. The number of aromatic amines is 1. The predicted molar refractivity (Wildman–Crippen MR) is 144 cm³/mol. The first kappa shape index (κ1) is 27.1. The molecule has 1 aromatic carbocycles. The molecule has 0 saturated carbocycles. The van der Waals surface area contributed by atoms with Gasteiger partial charge in [-0.05, 0) is 45.1 Å². The number of ether oxygens (including phenoxy) is 1. The number of nitrogens with zero attached hydrogens (tertiary/aromatic N) is 6. The highest BCUT2D eigenvalue weighted by molar-refractivity contribution is 7.89. The smallest absolute Gasteiger partial charge is 0.335 e. The number of fused-ring (bicyclic) bond motifs is 3. The van der Waals surface area contributed by atoms with Gasteiger partial charge in [-0.15, -0.1) is 10.2 Å². The Bertz CT molecular complexity index is 1590. The Balaban J connectivity index is 1.95. The van der Waals surface area contributed by atoms with E-state index in [2.05, 4.69) is 15.2 Å². The maximum atomic E-state index is 13.4. The number of sulfonamides is 1. The number of benzene rings is 1. The summed E-state index contributed by atoms with van der Waals surface area (Å²) in [6.45, 7) is 5.74. The van der Waals surface area contributed by atoms with E-state index in [1.807, 2.05) is 32.8 Å². The van der Waals surface area contributed by atoms with Gasteiger partial charge in [-0.3, -0.25) is 4.57 Å². The first-order valence-electron chi connectivity index (χ1n) is 12.1. The van der Waals surface area contributed by atoms with Gasteiger partial charge in [-0.2, -0.15) is 4.31 Å². The molecule has 0 atom stereocenters. The second kappa shape index (κ2) is 10.8. The highest BCUT2D eigenvalue weighted by Crippen LogP contribution is 2.40. The zero-order valence-corrected chi connectivity index (χ0v) is 23.2. The Labute approximate surface area is 220 Å². The predicted octanol–water partition coefficient (Wildman–Crippen LogP) is 3.07. The number of H-pyrrole nitrogens is 1. The van der Waals surface area contributed by atoms with E-state index in [1.54, 1.807) is 23.7 Å². The Hall–Kier alpha value is -2.93. The van der Waals surface area contributed by atoms with Gasteiger partial charge in [0.05, 0.1) is 27.7 Å². The van der Waals surface area contributed by atoms with Crippen molar-refractivity contribution in [2.45, 2.75) is 38.1 Å². The normalized spacial score (nSPS) is 12.4. The Morgan fingerprint density at radius 2 is 1.89 bits per heavy atom. The molecule has 0 radical (unpaired) electrons. The van der Waals surface area contributed by atoms with Crippen molar-refractivity contribution in [3.8, 4) is 17.0 Å². The fourth-order valence-electron chi connectivity index (χ4n) is 4.11. The summed E-state index contributed by atoms with van der Waals surface area (Å²) in [5.74, 6) is 0.479. The lowest BCUT2D eigenvalue weighted by Gasteiger charge is -2.20. The van der Waals surface area contributed by atoms with Gasteiger partial charge >= 0.3 is 5.69 Å². The second-order valence-electron chi connectivity index (χ2n) is 9.13. The third kappa shape index (κ3) is 4.98. The monoisotopic (exact) mass is 549 g/mol. The first-order valence-corrected chi connectivity index (χ1v) is 14.0. The lowest BCUT2D eigenvalue weighted by molar-refractivity contribution is 0.318. The molecule has 3 aromatic heterocycles. The van der Waals surface area contributed by atoms with Crippen LogP contribution in [-0.2, 0) is 16.6 Å². The Kier molecular flexibility index (Phi) is 7.93. The van der Waals surface area contributed by atoms with E-state index >= 15 is 0 Å². The Morgan fingerprint density at radius 3 is 2.57 bits per heavy atom. The van der Waals surface area contributed by atoms with Crippen LogP contribution >= 0.6 is 11.6 Å². The second-order valence-corrected chi connectivity index (χ2v) is 11.6. The number of hydrogen-bond acceptors (Lipinski definition) is 7. The maximum Gasteiger partial charge on any atom is 0.335 e. The van der Waals surface area contributed by atoms with Gasteiger partial charge in [-0.25, -0.2) is 17.6 Å². The van der Waals surface area contributed by atoms with Gasteiger partial charge in [0, 0.05) is 32.2 Å². The van der Waals surface area contributed by atoms with Gasteiger partial charge in [0.2, 0.25) is 10.0 Å². The SMILES string of the molecule is CCCOc1ccc(S(=O)(=O)N(C)CCN(C)C)cc1-c1[nH]c2c(c1Cl)n(CCC)c(=O)n1cnnc21. The first-order chi connectivity index (χ1) is 17.6. The number of rotatable bonds is 11. The molecule has 0 amide bonds. The largest absolute Gasteiger partial charge is 0.493 e. The van der Waals surface area contributed by atoms with Crippen LogP contribution in [0.3, 0.4) is 0 Å². The lowest BCUT2D eigenvalue weighted by Crippen LogP contribution is -2.33. The molecule has 4 aromatic rings. The molecule has 0 saturated heterocycles. The highest BCUT2D eigenvalue weighted by Gasteiger charge is 2.26. The Morgan fingerprint density at radius 1 is 1.14 bits per heavy atom. The van der Waals surface area contributed by atoms with Crippen molar-refractivity contribution in [2.75, 3.05) is 40.8 Å². The highest BCUT2D eigenvalue weighted by atomic mass is 35.5. The summed E-state index contributed by atoms with van der Waals surface area (Å²) in [5.41, 5.74) is 1.97. The summed E-state index contributed by atoms with van der Waals surface area (Å²) in [6, 6.07) is 4.74.